The number of nitrogens with zero attached hydrogens (tertiary/aromatic N) is 4. The van der Waals surface area contributed by atoms with Crippen LogP contribution in [0.25, 0.3) is 11.4 Å². The monoisotopic (exact) mass is 340 g/mol. The van der Waals surface area contributed by atoms with Crippen molar-refractivity contribution < 1.29 is 13.2 Å². The lowest BCUT2D eigenvalue weighted by Crippen LogP contribution is -2.20. The first kappa shape index (κ1) is 14.7. The predicted molar refractivity (Wildman–Crippen MR) is 84.3 cm³/mol. The van der Waals surface area contributed by atoms with E-state index in [0.717, 1.165) is 0 Å². The predicted octanol–water partition coefficient (Wildman–Crippen LogP) is 1.74. The van der Waals surface area contributed by atoms with Gasteiger partial charge in [-0.15, -0.1) is 10.2 Å². The highest BCUT2D eigenvalue weighted by molar-refractivity contribution is 7.91. The number of hydrogen-bond acceptors (Lipinski definition) is 6. The molecule has 0 saturated heterocycles. The van der Waals surface area contributed by atoms with Crippen molar-refractivity contribution in [3.63, 3.8) is 0 Å². The molecule has 0 saturated carbocycles. The molecule has 0 amide bonds. The van der Waals surface area contributed by atoms with Crippen molar-refractivity contribution >= 4 is 15.6 Å². The Morgan fingerprint density at radius 1 is 1.04 bits per heavy atom. The lowest BCUT2D eigenvalue weighted by atomic mass is 10.0. The molecule has 1 aliphatic heterocycles. The van der Waals surface area contributed by atoms with Gasteiger partial charge in [0.1, 0.15) is 0 Å². The van der Waals surface area contributed by atoms with Crippen molar-refractivity contribution in [2.45, 2.75) is 23.3 Å². The molecule has 0 fully saturated rings. The first-order valence-corrected chi connectivity index (χ1v) is 8.81. The number of rotatable bonds is 2. The summed E-state index contributed by atoms with van der Waals surface area (Å²) in [6, 6.07) is 10.8. The standard InChI is InChI=1S/C16H12N4O3S/c1-2-20-18-16(17-19-20)10-7-8-12-14(9-10)24(22,23)13-6-4-3-5-11(13)15(12)21/h3-9H,2H2,1H3. The van der Waals surface area contributed by atoms with E-state index in [-0.39, 0.29) is 26.7 Å². The van der Waals surface area contributed by atoms with Crippen molar-refractivity contribution in [2.24, 2.45) is 0 Å². The van der Waals surface area contributed by atoms with Gasteiger partial charge in [0.05, 0.1) is 16.3 Å². The van der Waals surface area contributed by atoms with Gasteiger partial charge < -0.3 is 0 Å². The number of benzene rings is 2. The third-order valence-corrected chi connectivity index (χ3v) is 5.78. The number of fused-ring (bicyclic) bond motifs is 2. The van der Waals surface area contributed by atoms with E-state index < -0.39 is 9.84 Å². The Morgan fingerprint density at radius 2 is 1.79 bits per heavy atom. The Labute approximate surface area is 137 Å². The van der Waals surface area contributed by atoms with Crippen LogP contribution in [-0.4, -0.2) is 34.4 Å². The fourth-order valence-corrected chi connectivity index (χ4v) is 4.39. The molecule has 0 atom stereocenters. The maximum absolute atomic E-state index is 12.9. The number of carbonyl (C=O) groups excluding carboxylic acids is 1. The summed E-state index contributed by atoms with van der Waals surface area (Å²) in [4.78, 5) is 14.0. The van der Waals surface area contributed by atoms with Gasteiger partial charge in [-0.3, -0.25) is 4.79 Å². The second kappa shape index (κ2) is 5.07. The maximum Gasteiger partial charge on any atom is 0.208 e. The van der Waals surface area contributed by atoms with Gasteiger partial charge in [0, 0.05) is 16.7 Å². The van der Waals surface area contributed by atoms with E-state index in [2.05, 4.69) is 15.4 Å². The molecule has 0 unspecified atom stereocenters. The first-order chi connectivity index (χ1) is 11.5. The van der Waals surface area contributed by atoms with Crippen molar-refractivity contribution in [3.05, 3.63) is 53.6 Å². The fourth-order valence-electron chi connectivity index (χ4n) is 2.72. The van der Waals surface area contributed by atoms with Gasteiger partial charge in [-0.2, -0.15) is 4.80 Å². The van der Waals surface area contributed by atoms with Crippen LogP contribution >= 0.6 is 0 Å². The van der Waals surface area contributed by atoms with Crippen LogP contribution in [0, 0.1) is 0 Å². The molecule has 3 aromatic rings. The molecular weight excluding hydrogens is 328 g/mol. The SMILES string of the molecule is CCn1nnc(-c2ccc3c(c2)S(=O)(=O)c2ccccc2C3=O)n1. The Morgan fingerprint density at radius 3 is 2.54 bits per heavy atom. The molecule has 0 bridgehead atoms. The van der Waals surface area contributed by atoms with Gasteiger partial charge in [-0.1, -0.05) is 18.2 Å². The highest BCUT2D eigenvalue weighted by atomic mass is 32.2. The topological polar surface area (TPSA) is 94.8 Å². The minimum Gasteiger partial charge on any atom is -0.289 e. The molecule has 8 heteroatoms. The smallest absolute Gasteiger partial charge is 0.208 e. The van der Waals surface area contributed by atoms with Gasteiger partial charge >= 0.3 is 0 Å². The summed E-state index contributed by atoms with van der Waals surface area (Å²) in [5.41, 5.74) is 0.873. The van der Waals surface area contributed by atoms with Gasteiger partial charge in [-0.05, 0) is 36.4 Å². The number of ketones is 1. The summed E-state index contributed by atoms with van der Waals surface area (Å²) in [6.45, 7) is 2.43. The van der Waals surface area contributed by atoms with Crippen LogP contribution in [0.5, 0.6) is 0 Å². The molecule has 7 nitrogen and oxygen atoms in total. The highest BCUT2D eigenvalue weighted by Crippen LogP contribution is 2.35. The Hall–Kier alpha value is -2.87. The molecule has 2 aromatic carbocycles. The lowest BCUT2D eigenvalue weighted by molar-refractivity contribution is 0.103. The second-order valence-electron chi connectivity index (χ2n) is 5.34. The third-order valence-electron chi connectivity index (χ3n) is 3.93. The van der Waals surface area contributed by atoms with E-state index in [1.807, 2.05) is 6.92 Å². The maximum atomic E-state index is 12.9. The molecule has 0 N–H and O–H groups in total. The van der Waals surface area contributed by atoms with Gasteiger partial charge in [0.2, 0.25) is 15.7 Å². The average Bonchev–Trinajstić information content (AvgIpc) is 3.09. The molecule has 0 spiro atoms. The zero-order valence-electron chi connectivity index (χ0n) is 12.7. The lowest BCUT2D eigenvalue weighted by Gasteiger charge is -2.18. The van der Waals surface area contributed by atoms with E-state index >= 15 is 0 Å². The van der Waals surface area contributed by atoms with Crippen LogP contribution in [0.4, 0.5) is 0 Å². The number of aromatic nitrogens is 4. The Balaban J connectivity index is 1.94. The van der Waals surface area contributed by atoms with E-state index in [1.165, 1.54) is 29.1 Å². The van der Waals surface area contributed by atoms with Gasteiger partial charge in [0.15, 0.2) is 5.78 Å². The van der Waals surface area contributed by atoms with Gasteiger partial charge in [0.25, 0.3) is 0 Å². The van der Waals surface area contributed by atoms with Gasteiger partial charge in [-0.25, -0.2) is 8.42 Å². The summed E-state index contributed by atoms with van der Waals surface area (Å²) >= 11 is 0. The number of hydrogen-bond donors (Lipinski definition) is 0. The normalized spacial score (nSPS) is 15.0. The number of aryl methyl sites for hydroxylation is 1. The summed E-state index contributed by atoms with van der Waals surface area (Å²) in [6.07, 6.45) is 0. The van der Waals surface area contributed by atoms with E-state index in [1.54, 1.807) is 18.2 Å². The molecule has 1 aromatic heterocycles. The summed E-state index contributed by atoms with van der Waals surface area (Å²) in [7, 11) is -3.77. The fraction of sp³-hybridized carbons (Fsp3) is 0.125. The van der Waals surface area contributed by atoms with Crippen molar-refractivity contribution in [3.8, 4) is 11.4 Å². The molecule has 4 rings (SSSR count). The number of carbonyl (C=O) groups is 1. The molecule has 24 heavy (non-hydrogen) atoms. The van der Waals surface area contributed by atoms with Crippen LogP contribution in [0.15, 0.2) is 52.3 Å². The van der Waals surface area contributed by atoms with Crippen LogP contribution in [-0.2, 0) is 16.4 Å². The van der Waals surface area contributed by atoms with Crippen molar-refractivity contribution in [1.29, 1.82) is 0 Å². The van der Waals surface area contributed by atoms with Crippen molar-refractivity contribution in [1.82, 2.24) is 20.2 Å². The zero-order chi connectivity index (χ0) is 16.9. The summed E-state index contributed by atoms with van der Waals surface area (Å²) in [5.74, 6) is 0.0216. The summed E-state index contributed by atoms with van der Waals surface area (Å²) in [5, 5.41) is 12.0. The first-order valence-electron chi connectivity index (χ1n) is 7.33. The quantitative estimate of drug-likeness (QED) is 0.551. The van der Waals surface area contributed by atoms with Crippen LogP contribution in [0.3, 0.4) is 0 Å². The molecule has 0 radical (unpaired) electrons. The minimum absolute atomic E-state index is 0.0171. The highest BCUT2D eigenvalue weighted by Gasteiger charge is 2.34. The van der Waals surface area contributed by atoms with Crippen LogP contribution in [0.1, 0.15) is 22.8 Å². The Kier molecular flexibility index (Phi) is 3.10. The largest absolute Gasteiger partial charge is 0.289 e. The molecule has 0 aliphatic carbocycles. The van der Waals surface area contributed by atoms with Crippen LogP contribution < -0.4 is 0 Å². The van der Waals surface area contributed by atoms with Crippen molar-refractivity contribution in [2.75, 3.05) is 0 Å². The Bertz CT molecular complexity index is 1090. The zero-order valence-corrected chi connectivity index (χ0v) is 13.5. The molecule has 1 aliphatic rings. The van der Waals surface area contributed by atoms with Crippen LogP contribution in [0.2, 0.25) is 0 Å². The summed E-state index contributed by atoms with van der Waals surface area (Å²) < 4.78 is 25.7. The second-order valence-corrected chi connectivity index (χ2v) is 7.23. The van der Waals surface area contributed by atoms with E-state index in [9.17, 15) is 13.2 Å². The van der Waals surface area contributed by atoms with E-state index in [4.69, 9.17) is 0 Å². The number of tetrazole rings is 1. The van der Waals surface area contributed by atoms with E-state index in [0.29, 0.717) is 17.9 Å². The molecule has 120 valence electrons. The minimum atomic E-state index is -3.77. The molecular formula is C16H12N4O3S. The average molecular weight is 340 g/mol. The third kappa shape index (κ3) is 2.00. The molecule has 2 heterocycles. The number of sulfone groups is 1.